The Morgan fingerprint density at radius 1 is 1.15 bits per heavy atom. The van der Waals surface area contributed by atoms with Crippen LogP contribution < -0.4 is 5.73 Å². The summed E-state index contributed by atoms with van der Waals surface area (Å²) in [4.78, 5) is 27.4. The standard InChI is InChI=1S/C11H18N2O5.C7H14O2/c1-4-9(12)13-18-8(11(15)17-6-3)7-10(14)16-5-2;8-5-6-9-7-3-1-2-4-7/h7H,4-6H2,1-3H3,(H2,12,13);7-8H,1-6H2/b8-7+;. The van der Waals surface area contributed by atoms with Gasteiger partial charge in [0.1, 0.15) is 5.84 Å². The number of oxime groups is 1. The Kier molecular flexibility index (Phi) is 14.8. The van der Waals surface area contributed by atoms with Crippen molar-refractivity contribution < 1.29 is 33.7 Å². The molecule has 3 N–H and O–H groups in total. The lowest BCUT2D eigenvalue weighted by molar-refractivity contribution is -0.144. The van der Waals surface area contributed by atoms with Crippen molar-refractivity contribution in [1.29, 1.82) is 0 Å². The predicted molar refractivity (Wildman–Crippen MR) is 99.6 cm³/mol. The van der Waals surface area contributed by atoms with Gasteiger partial charge in [0.25, 0.3) is 0 Å². The molecule has 0 aromatic heterocycles. The average molecular weight is 388 g/mol. The van der Waals surface area contributed by atoms with Gasteiger partial charge in [0.15, 0.2) is 0 Å². The maximum absolute atomic E-state index is 11.5. The first-order chi connectivity index (χ1) is 13.0. The fourth-order valence-electron chi connectivity index (χ4n) is 2.06. The van der Waals surface area contributed by atoms with E-state index in [2.05, 4.69) is 9.89 Å². The minimum absolute atomic E-state index is 0.148. The van der Waals surface area contributed by atoms with Crippen LogP contribution in [0.1, 0.15) is 52.9 Å². The monoisotopic (exact) mass is 388 g/mol. The third-order valence-electron chi connectivity index (χ3n) is 3.38. The summed E-state index contributed by atoms with van der Waals surface area (Å²) in [5.74, 6) is -1.70. The number of nitrogens with zero attached hydrogens (tertiary/aromatic N) is 1. The molecule has 0 spiro atoms. The number of ether oxygens (including phenoxy) is 3. The quantitative estimate of drug-likeness (QED) is 0.144. The third-order valence-corrected chi connectivity index (χ3v) is 3.38. The number of esters is 2. The summed E-state index contributed by atoms with van der Waals surface area (Å²) >= 11 is 0. The average Bonchev–Trinajstić information content (AvgIpc) is 3.17. The first-order valence-electron chi connectivity index (χ1n) is 9.25. The van der Waals surface area contributed by atoms with Gasteiger partial charge < -0.3 is 29.9 Å². The number of amidine groups is 1. The highest BCUT2D eigenvalue weighted by atomic mass is 16.7. The molecule has 0 aromatic carbocycles. The molecule has 27 heavy (non-hydrogen) atoms. The molecular weight excluding hydrogens is 356 g/mol. The molecule has 0 radical (unpaired) electrons. The maximum Gasteiger partial charge on any atom is 0.377 e. The van der Waals surface area contributed by atoms with E-state index in [0.717, 1.165) is 6.08 Å². The molecule has 156 valence electrons. The lowest BCUT2D eigenvalue weighted by Gasteiger charge is -2.07. The van der Waals surface area contributed by atoms with Crippen molar-refractivity contribution in [3.8, 4) is 0 Å². The molecule has 1 saturated carbocycles. The second-order valence-corrected chi connectivity index (χ2v) is 5.51. The second-order valence-electron chi connectivity index (χ2n) is 5.51. The highest BCUT2D eigenvalue weighted by Crippen LogP contribution is 2.20. The van der Waals surface area contributed by atoms with Gasteiger partial charge in [-0.15, -0.1) is 0 Å². The lowest BCUT2D eigenvalue weighted by Crippen LogP contribution is -2.15. The van der Waals surface area contributed by atoms with Gasteiger partial charge in [-0.05, 0) is 26.7 Å². The Hall–Kier alpha value is -2.13. The van der Waals surface area contributed by atoms with Gasteiger partial charge in [-0.1, -0.05) is 24.9 Å². The number of hydrogen-bond acceptors (Lipinski definition) is 8. The van der Waals surface area contributed by atoms with E-state index in [0.29, 0.717) is 19.1 Å². The zero-order valence-electron chi connectivity index (χ0n) is 16.4. The van der Waals surface area contributed by atoms with Crippen LogP contribution in [0.25, 0.3) is 0 Å². The van der Waals surface area contributed by atoms with Gasteiger partial charge >= 0.3 is 11.9 Å². The minimum atomic E-state index is -0.807. The molecule has 9 nitrogen and oxygen atoms in total. The van der Waals surface area contributed by atoms with E-state index in [1.165, 1.54) is 25.7 Å². The van der Waals surface area contributed by atoms with Crippen molar-refractivity contribution in [1.82, 2.24) is 0 Å². The van der Waals surface area contributed by atoms with Crippen LogP contribution in [-0.4, -0.2) is 55.4 Å². The van der Waals surface area contributed by atoms with E-state index in [1.807, 2.05) is 0 Å². The van der Waals surface area contributed by atoms with Gasteiger partial charge in [0.2, 0.25) is 5.76 Å². The molecule has 9 heteroatoms. The van der Waals surface area contributed by atoms with Gasteiger partial charge in [-0.2, -0.15) is 0 Å². The van der Waals surface area contributed by atoms with Crippen molar-refractivity contribution in [2.45, 2.75) is 59.0 Å². The number of hydrogen-bond donors (Lipinski definition) is 2. The van der Waals surface area contributed by atoms with Gasteiger partial charge in [0.05, 0.1) is 38.6 Å². The first kappa shape index (κ1) is 24.9. The molecule has 1 aliphatic rings. The summed E-state index contributed by atoms with van der Waals surface area (Å²) in [5, 5.41) is 11.9. The molecule has 1 rings (SSSR count). The fraction of sp³-hybridized carbons (Fsp3) is 0.722. The van der Waals surface area contributed by atoms with E-state index in [-0.39, 0.29) is 31.4 Å². The molecule has 1 fully saturated rings. The second kappa shape index (κ2) is 16.1. The molecule has 0 atom stereocenters. The van der Waals surface area contributed by atoms with Crippen molar-refractivity contribution >= 4 is 17.8 Å². The number of carbonyl (C=O) groups excluding carboxylic acids is 2. The summed E-state index contributed by atoms with van der Waals surface area (Å²) in [6, 6.07) is 0. The van der Waals surface area contributed by atoms with E-state index in [4.69, 9.17) is 25.2 Å². The van der Waals surface area contributed by atoms with E-state index in [1.54, 1.807) is 20.8 Å². The number of nitrogens with two attached hydrogens (primary N) is 1. The summed E-state index contributed by atoms with van der Waals surface area (Å²) in [6.45, 7) is 6.05. The zero-order valence-corrected chi connectivity index (χ0v) is 16.4. The van der Waals surface area contributed by atoms with Crippen LogP contribution in [0.15, 0.2) is 17.0 Å². The van der Waals surface area contributed by atoms with E-state index >= 15 is 0 Å². The normalized spacial score (nSPS) is 15.0. The van der Waals surface area contributed by atoms with E-state index < -0.39 is 11.9 Å². The Morgan fingerprint density at radius 2 is 1.78 bits per heavy atom. The van der Waals surface area contributed by atoms with Crippen LogP contribution in [0.2, 0.25) is 0 Å². The van der Waals surface area contributed by atoms with Crippen molar-refractivity contribution in [3.05, 3.63) is 11.8 Å². The SMILES string of the molecule is CCOC(=O)/C=C(/O/N=C(\N)CC)C(=O)OCC.OCCOC1CCCC1. The van der Waals surface area contributed by atoms with Crippen LogP contribution in [0.3, 0.4) is 0 Å². The molecule has 1 aliphatic carbocycles. The molecule has 0 aliphatic heterocycles. The third kappa shape index (κ3) is 12.8. The van der Waals surface area contributed by atoms with Crippen LogP contribution in [0.5, 0.6) is 0 Å². The van der Waals surface area contributed by atoms with Gasteiger partial charge in [-0.3, -0.25) is 0 Å². The molecule has 0 saturated heterocycles. The molecule has 0 heterocycles. The van der Waals surface area contributed by atoms with Crippen LogP contribution in [-0.2, 0) is 28.6 Å². The van der Waals surface area contributed by atoms with Gasteiger partial charge in [-0.25, -0.2) is 9.59 Å². The predicted octanol–water partition coefficient (Wildman–Crippen LogP) is 1.63. The topological polar surface area (TPSA) is 130 Å². The van der Waals surface area contributed by atoms with Crippen molar-refractivity contribution in [2.24, 2.45) is 10.9 Å². The fourth-order valence-corrected chi connectivity index (χ4v) is 2.06. The number of aliphatic hydroxyl groups excluding tert-OH is 1. The number of rotatable bonds is 10. The summed E-state index contributed by atoms with van der Waals surface area (Å²) in [5.41, 5.74) is 5.41. The van der Waals surface area contributed by atoms with Crippen molar-refractivity contribution in [3.63, 3.8) is 0 Å². The first-order valence-corrected chi connectivity index (χ1v) is 9.25. The zero-order chi connectivity index (χ0) is 20.5. The van der Waals surface area contributed by atoms with Crippen LogP contribution in [0, 0.1) is 0 Å². The maximum atomic E-state index is 11.5. The highest BCUT2D eigenvalue weighted by Gasteiger charge is 2.16. The number of carbonyl (C=O) groups is 2. The Labute approximate surface area is 160 Å². The summed E-state index contributed by atoms with van der Waals surface area (Å²) in [7, 11) is 0. The largest absolute Gasteiger partial charge is 0.463 e. The number of aliphatic hydroxyl groups is 1. The molecule has 0 amide bonds. The van der Waals surface area contributed by atoms with Gasteiger partial charge in [0, 0.05) is 6.42 Å². The molecular formula is C18H32N2O7. The molecule has 0 aromatic rings. The van der Waals surface area contributed by atoms with E-state index in [9.17, 15) is 9.59 Å². The molecule has 0 unspecified atom stereocenters. The minimum Gasteiger partial charge on any atom is -0.463 e. The smallest absolute Gasteiger partial charge is 0.377 e. The Morgan fingerprint density at radius 3 is 2.30 bits per heavy atom. The highest BCUT2D eigenvalue weighted by molar-refractivity contribution is 5.94. The summed E-state index contributed by atoms with van der Waals surface area (Å²) < 4.78 is 14.7. The van der Waals surface area contributed by atoms with Crippen LogP contribution in [0.4, 0.5) is 0 Å². The molecule has 0 bridgehead atoms. The Balaban J connectivity index is 0.000000621. The summed E-state index contributed by atoms with van der Waals surface area (Å²) in [6.07, 6.45) is 6.77. The lowest BCUT2D eigenvalue weighted by atomic mass is 10.3. The Bertz CT molecular complexity index is 486. The van der Waals surface area contributed by atoms with Crippen molar-refractivity contribution in [2.75, 3.05) is 26.4 Å². The van der Waals surface area contributed by atoms with Crippen LogP contribution >= 0.6 is 0 Å².